The van der Waals surface area contributed by atoms with Gasteiger partial charge in [0.15, 0.2) is 0 Å². The van der Waals surface area contributed by atoms with Crippen LogP contribution in [0.2, 0.25) is 0 Å². The summed E-state index contributed by atoms with van der Waals surface area (Å²) in [4.78, 5) is 0.0355. The maximum atomic E-state index is 12.9. The van der Waals surface area contributed by atoms with Crippen LogP contribution in [0.3, 0.4) is 0 Å². The quantitative estimate of drug-likeness (QED) is 0.843. The summed E-state index contributed by atoms with van der Waals surface area (Å²) < 4.78 is 40.0. The zero-order chi connectivity index (χ0) is 17.0. The number of hydrogen-bond donors (Lipinski definition) is 2. The molecular weight excluding hydrogens is 327 g/mol. The van der Waals surface area contributed by atoms with Gasteiger partial charge in [-0.05, 0) is 61.4 Å². The van der Waals surface area contributed by atoms with E-state index in [1.165, 1.54) is 44.2 Å². The summed E-state index contributed by atoms with van der Waals surface area (Å²) in [5.41, 5.74) is 1.47. The average Bonchev–Trinajstić information content (AvgIpc) is 2.58. The van der Waals surface area contributed by atoms with Gasteiger partial charge in [-0.25, -0.2) is 12.8 Å². The number of hydrogen-bond acceptors (Lipinski definition) is 3. The Balaban J connectivity index is 1.66. The topological polar surface area (TPSA) is 58.2 Å². The van der Waals surface area contributed by atoms with Crippen molar-refractivity contribution in [3.05, 3.63) is 54.3 Å². The van der Waals surface area contributed by atoms with E-state index in [4.69, 9.17) is 0 Å². The highest BCUT2D eigenvalue weighted by Gasteiger charge is 2.15. The van der Waals surface area contributed by atoms with Crippen molar-refractivity contribution in [3.8, 4) is 0 Å². The van der Waals surface area contributed by atoms with E-state index in [0.29, 0.717) is 11.7 Å². The first-order chi connectivity index (χ1) is 11.5. The first-order valence-electron chi connectivity index (χ1n) is 8.18. The highest BCUT2D eigenvalue weighted by atomic mass is 32.2. The summed E-state index contributed by atoms with van der Waals surface area (Å²) in [7, 11) is -3.71. The second-order valence-corrected chi connectivity index (χ2v) is 7.80. The zero-order valence-corrected chi connectivity index (χ0v) is 14.2. The van der Waals surface area contributed by atoms with Gasteiger partial charge in [0.05, 0.1) is 4.90 Å². The third-order valence-electron chi connectivity index (χ3n) is 4.24. The van der Waals surface area contributed by atoms with Crippen LogP contribution < -0.4 is 10.0 Å². The summed E-state index contributed by atoms with van der Waals surface area (Å²) in [6, 6.07) is 12.5. The molecule has 0 atom stereocenters. The summed E-state index contributed by atoms with van der Waals surface area (Å²) in [5.74, 6) is -0.466. The predicted molar refractivity (Wildman–Crippen MR) is 94.1 cm³/mol. The molecule has 2 aromatic carbocycles. The summed E-state index contributed by atoms with van der Waals surface area (Å²) in [6.45, 7) is 0. The lowest BCUT2D eigenvalue weighted by Gasteiger charge is -2.24. The van der Waals surface area contributed by atoms with Gasteiger partial charge in [0, 0.05) is 17.4 Å². The van der Waals surface area contributed by atoms with Crippen molar-refractivity contribution in [3.63, 3.8) is 0 Å². The second kappa shape index (κ2) is 7.21. The van der Waals surface area contributed by atoms with Crippen molar-refractivity contribution in [2.45, 2.75) is 43.0 Å². The molecular formula is C18H21FN2O2S. The first kappa shape index (κ1) is 16.8. The molecule has 3 rings (SSSR count). The molecule has 1 aliphatic rings. The van der Waals surface area contributed by atoms with Crippen LogP contribution in [0.5, 0.6) is 0 Å². The molecule has 0 saturated heterocycles. The SMILES string of the molecule is O=S(=O)(Nc1ccc(NC2CCCCC2)cc1)c1ccc(F)cc1. The molecule has 0 aromatic heterocycles. The van der Waals surface area contributed by atoms with Gasteiger partial charge in [-0.1, -0.05) is 19.3 Å². The van der Waals surface area contributed by atoms with Crippen molar-refractivity contribution in [1.29, 1.82) is 0 Å². The van der Waals surface area contributed by atoms with E-state index in [0.717, 1.165) is 17.8 Å². The lowest BCUT2D eigenvalue weighted by atomic mass is 9.95. The van der Waals surface area contributed by atoms with Crippen LogP contribution in [0, 0.1) is 5.82 Å². The largest absolute Gasteiger partial charge is 0.382 e. The Bertz CT molecular complexity index is 768. The highest BCUT2D eigenvalue weighted by Crippen LogP contribution is 2.23. The monoisotopic (exact) mass is 348 g/mol. The Hall–Kier alpha value is -2.08. The number of sulfonamides is 1. The Labute approximate surface area is 142 Å². The van der Waals surface area contributed by atoms with Crippen LogP contribution in [-0.2, 0) is 10.0 Å². The van der Waals surface area contributed by atoms with Gasteiger partial charge in [-0.2, -0.15) is 0 Å². The Morgan fingerprint density at radius 2 is 1.42 bits per heavy atom. The molecule has 2 N–H and O–H groups in total. The van der Waals surface area contributed by atoms with Crippen LogP contribution in [-0.4, -0.2) is 14.5 Å². The van der Waals surface area contributed by atoms with Gasteiger partial charge in [0.1, 0.15) is 5.82 Å². The van der Waals surface area contributed by atoms with Gasteiger partial charge in [0.25, 0.3) is 10.0 Å². The molecule has 0 radical (unpaired) electrons. The molecule has 0 spiro atoms. The molecule has 24 heavy (non-hydrogen) atoms. The molecule has 2 aromatic rings. The summed E-state index contributed by atoms with van der Waals surface area (Å²) in [6.07, 6.45) is 6.18. The van der Waals surface area contributed by atoms with Crippen LogP contribution in [0.25, 0.3) is 0 Å². The van der Waals surface area contributed by atoms with Crippen LogP contribution in [0.15, 0.2) is 53.4 Å². The average molecular weight is 348 g/mol. The maximum Gasteiger partial charge on any atom is 0.261 e. The van der Waals surface area contributed by atoms with Gasteiger partial charge in [-0.15, -0.1) is 0 Å². The molecule has 1 saturated carbocycles. The van der Waals surface area contributed by atoms with E-state index in [2.05, 4.69) is 10.0 Å². The minimum atomic E-state index is -3.71. The molecule has 128 valence electrons. The van der Waals surface area contributed by atoms with Gasteiger partial charge in [0.2, 0.25) is 0 Å². The minimum Gasteiger partial charge on any atom is -0.382 e. The molecule has 0 heterocycles. The van der Waals surface area contributed by atoms with Crippen molar-refractivity contribution in [1.82, 2.24) is 0 Å². The second-order valence-electron chi connectivity index (χ2n) is 6.12. The maximum absolute atomic E-state index is 12.9. The molecule has 4 nitrogen and oxygen atoms in total. The molecule has 1 aliphatic carbocycles. The Kier molecular flexibility index (Phi) is 5.04. The van der Waals surface area contributed by atoms with Crippen LogP contribution in [0.4, 0.5) is 15.8 Å². The first-order valence-corrected chi connectivity index (χ1v) is 9.66. The van der Waals surface area contributed by atoms with E-state index in [9.17, 15) is 12.8 Å². The number of halogens is 1. The zero-order valence-electron chi connectivity index (χ0n) is 13.3. The van der Waals surface area contributed by atoms with E-state index in [1.807, 2.05) is 12.1 Å². The molecule has 0 aliphatic heterocycles. The van der Waals surface area contributed by atoms with Crippen molar-refractivity contribution >= 4 is 21.4 Å². The molecule has 0 amide bonds. The molecule has 0 bridgehead atoms. The molecule has 1 fully saturated rings. The number of anilines is 2. The van der Waals surface area contributed by atoms with Crippen LogP contribution >= 0.6 is 0 Å². The van der Waals surface area contributed by atoms with Gasteiger partial charge < -0.3 is 5.32 Å². The standard InChI is InChI=1S/C18H21FN2O2S/c19-14-6-12-18(13-7-14)24(22,23)21-17-10-8-16(9-11-17)20-15-4-2-1-3-5-15/h6-13,15,20-21H,1-5H2. The van der Waals surface area contributed by atoms with E-state index < -0.39 is 15.8 Å². The number of rotatable bonds is 5. The molecule has 0 unspecified atom stereocenters. The third-order valence-corrected chi connectivity index (χ3v) is 5.63. The fourth-order valence-electron chi connectivity index (χ4n) is 2.94. The Morgan fingerprint density at radius 1 is 0.833 bits per heavy atom. The molecule has 6 heteroatoms. The van der Waals surface area contributed by atoms with E-state index in [-0.39, 0.29) is 4.90 Å². The lowest BCUT2D eigenvalue weighted by Crippen LogP contribution is -2.22. The fourth-order valence-corrected chi connectivity index (χ4v) is 4.00. The minimum absolute atomic E-state index is 0.0355. The normalized spacial score (nSPS) is 15.9. The van der Waals surface area contributed by atoms with E-state index in [1.54, 1.807) is 12.1 Å². The summed E-state index contributed by atoms with van der Waals surface area (Å²) in [5, 5.41) is 3.49. The van der Waals surface area contributed by atoms with Gasteiger partial charge in [-0.3, -0.25) is 4.72 Å². The van der Waals surface area contributed by atoms with Crippen molar-refractivity contribution in [2.75, 3.05) is 10.0 Å². The predicted octanol–water partition coefficient (Wildman–Crippen LogP) is 4.37. The van der Waals surface area contributed by atoms with Crippen molar-refractivity contribution in [2.24, 2.45) is 0 Å². The third kappa shape index (κ3) is 4.26. The smallest absolute Gasteiger partial charge is 0.261 e. The fraction of sp³-hybridized carbons (Fsp3) is 0.333. The highest BCUT2D eigenvalue weighted by molar-refractivity contribution is 7.92. The van der Waals surface area contributed by atoms with E-state index >= 15 is 0 Å². The number of benzene rings is 2. The van der Waals surface area contributed by atoms with Gasteiger partial charge >= 0.3 is 0 Å². The van der Waals surface area contributed by atoms with Crippen LogP contribution in [0.1, 0.15) is 32.1 Å². The van der Waals surface area contributed by atoms with Crippen molar-refractivity contribution < 1.29 is 12.8 Å². The Morgan fingerprint density at radius 3 is 2.04 bits per heavy atom. The lowest BCUT2D eigenvalue weighted by molar-refractivity contribution is 0.463. The number of nitrogens with one attached hydrogen (secondary N) is 2. The summed E-state index contributed by atoms with van der Waals surface area (Å²) >= 11 is 0.